The normalized spacial score (nSPS) is 10.3. The van der Waals surface area contributed by atoms with Crippen LogP contribution >= 0.6 is 0 Å². The van der Waals surface area contributed by atoms with Crippen molar-refractivity contribution in [3.05, 3.63) is 54.0 Å². The summed E-state index contributed by atoms with van der Waals surface area (Å²) < 4.78 is 9.94. The topological polar surface area (TPSA) is 114 Å². The lowest BCUT2D eigenvalue weighted by Crippen LogP contribution is -2.28. The zero-order chi connectivity index (χ0) is 19.1. The summed E-state index contributed by atoms with van der Waals surface area (Å²) in [5, 5.41) is 12.5. The molecule has 3 rings (SSSR count). The fourth-order valence-electron chi connectivity index (χ4n) is 2.30. The standard InChI is InChI=1S/C18H20N6O3/c1-12-11-16(23-13-3-5-14(26-2)6-4-13)24-18(22-12)20-10-9-19-17(25)15-7-8-21-27-15/h3-8,11H,9-10H2,1-2H3,(H,19,25)(H2,20,22,23,24). The van der Waals surface area contributed by atoms with E-state index in [1.54, 1.807) is 7.11 Å². The molecule has 140 valence electrons. The summed E-state index contributed by atoms with van der Waals surface area (Å²) >= 11 is 0. The molecule has 0 bridgehead atoms. The molecular weight excluding hydrogens is 348 g/mol. The van der Waals surface area contributed by atoms with Gasteiger partial charge in [-0.15, -0.1) is 0 Å². The van der Waals surface area contributed by atoms with Gasteiger partial charge in [0.2, 0.25) is 11.7 Å². The molecule has 1 aromatic carbocycles. The molecule has 27 heavy (non-hydrogen) atoms. The molecule has 9 heteroatoms. The van der Waals surface area contributed by atoms with Crippen LogP contribution in [0.1, 0.15) is 16.2 Å². The van der Waals surface area contributed by atoms with Crippen molar-refractivity contribution in [2.24, 2.45) is 0 Å². The van der Waals surface area contributed by atoms with E-state index in [1.807, 2.05) is 37.3 Å². The van der Waals surface area contributed by atoms with E-state index in [9.17, 15) is 4.79 Å². The molecule has 0 radical (unpaired) electrons. The van der Waals surface area contributed by atoms with Gasteiger partial charge in [0.15, 0.2) is 0 Å². The van der Waals surface area contributed by atoms with Crippen molar-refractivity contribution in [2.45, 2.75) is 6.92 Å². The molecule has 0 fully saturated rings. The summed E-state index contributed by atoms with van der Waals surface area (Å²) in [6, 6.07) is 10.9. The first-order valence-corrected chi connectivity index (χ1v) is 8.33. The minimum atomic E-state index is -0.318. The molecule has 9 nitrogen and oxygen atoms in total. The molecule has 3 aromatic rings. The highest BCUT2D eigenvalue weighted by Crippen LogP contribution is 2.19. The first-order chi connectivity index (χ1) is 13.1. The van der Waals surface area contributed by atoms with Crippen molar-refractivity contribution in [3.63, 3.8) is 0 Å². The average molecular weight is 368 g/mol. The summed E-state index contributed by atoms with van der Waals surface area (Å²) in [6.45, 7) is 2.74. The Labute approximate surface area is 156 Å². The number of aromatic nitrogens is 3. The predicted molar refractivity (Wildman–Crippen MR) is 100 cm³/mol. The van der Waals surface area contributed by atoms with Gasteiger partial charge in [-0.05, 0) is 31.2 Å². The van der Waals surface area contributed by atoms with Crippen molar-refractivity contribution in [2.75, 3.05) is 30.8 Å². The van der Waals surface area contributed by atoms with Crippen LogP contribution in [0.3, 0.4) is 0 Å². The van der Waals surface area contributed by atoms with E-state index in [2.05, 4.69) is 31.1 Å². The Kier molecular flexibility index (Phi) is 5.83. The van der Waals surface area contributed by atoms with Gasteiger partial charge in [0.05, 0.1) is 13.3 Å². The number of carbonyl (C=O) groups excluding carboxylic acids is 1. The van der Waals surface area contributed by atoms with Gasteiger partial charge in [0.1, 0.15) is 11.6 Å². The highest BCUT2D eigenvalue weighted by molar-refractivity contribution is 5.91. The third-order valence-corrected chi connectivity index (χ3v) is 3.57. The molecule has 0 spiro atoms. The monoisotopic (exact) mass is 368 g/mol. The Morgan fingerprint density at radius 1 is 1.15 bits per heavy atom. The van der Waals surface area contributed by atoms with Crippen LogP contribution in [-0.2, 0) is 0 Å². The maximum absolute atomic E-state index is 11.8. The van der Waals surface area contributed by atoms with Crippen LogP contribution in [0.5, 0.6) is 5.75 Å². The van der Waals surface area contributed by atoms with Crippen LogP contribution in [0.25, 0.3) is 0 Å². The SMILES string of the molecule is COc1ccc(Nc2cc(C)nc(NCCNC(=O)c3ccno3)n2)cc1. The smallest absolute Gasteiger partial charge is 0.289 e. The van der Waals surface area contributed by atoms with Crippen LogP contribution in [0, 0.1) is 6.92 Å². The van der Waals surface area contributed by atoms with E-state index in [0.29, 0.717) is 24.9 Å². The van der Waals surface area contributed by atoms with Crippen molar-refractivity contribution in [3.8, 4) is 5.75 Å². The number of hydrogen-bond donors (Lipinski definition) is 3. The number of benzene rings is 1. The summed E-state index contributed by atoms with van der Waals surface area (Å²) in [6.07, 6.45) is 1.42. The van der Waals surface area contributed by atoms with E-state index in [4.69, 9.17) is 9.26 Å². The number of carbonyl (C=O) groups is 1. The Bertz CT molecular complexity index is 881. The number of amides is 1. The maximum atomic E-state index is 11.8. The molecule has 0 saturated carbocycles. The molecule has 0 aliphatic rings. The molecule has 2 aromatic heterocycles. The number of aryl methyl sites for hydroxylation is 1. The van der Waals surface area contributed by atoms with Gasteiger partial charge >= 0.3 is 0 Å². The quantitative estimate of drug-likeness (QED) is 0.519. The molecule has 0 unspecified atom stereocenters. The van der Waals surface area contributed by atoms with Crippen LogP contribution in [-0.4, -0.2) is 41.2 Å². The molecule has 0 aliphatic heterocycles. The number of rotatable bonds is 8. The lowest BCUT2D eigenvalue weighted by molar-refractivity contribution is 0.0918. The van der Waals surface area contributed by atoms with E-state index >= 15 is 0 Å². The van der Waals surface area contributed by atoms with Crippen molar-refractivity contribution < 1.29 is 14.1 Å². The molecule has 2 heterocycles. The number of ether oxygens (including phenoxy) is 1. The van der Waals surface area contributed by atoms with E-state index < -0.39 is 0 Å². The van der Waals surface area contributed by atoms with E-state index in [0.717, 1.165) is 17.1 Å². The minimum absolute atomic E-state index is 0.174. The molecule has 1 amide bonds. The predicted octanol–water partition coefficient (Wildman–Crippen LogP) is 2.37. The summed E-state index contributed by atoms with van der Waals surface area (Å²) in [5.74, 6) is 1.78. The summed E-state index contributed by atoms with van der Waals surface area (Å²) in [7, 11) is 1.63. The first kappa shape index (κ1) is 18.2. The van der Waals surface area contributed by atoms with Crippen LogP contribution < -0.4 is 20.7 Å². The molecule has 0 atom stereocenters. The number of nitrogens with one attached hydrogen (secondary N) is 3. The van der Waals surface area contributed by atoms with Gasteiger partial charge in [-0.2, -0.15) is 4.98 Å². The van der Waals surface area contributed by atoms with Gasteiger partial charge < -0.3 is 25.2 Å². The van der Waals surface area contributed by atoms with E-state index in [1.165, 1.54) is 12.3 Å². The molecule has 0 aliphatic carbocycles. The Morgan fingerprint density at radius 2 is 1.96 bits per heavy atom. The summed E-state index contributed by atoms with van der Waals surface area (Å²) in [4.78, 5) is 20.5. The van der Waals surface area contributed by atoms with Gasteiger partial charge in [-0.25, -0.2) is 4.98 Å². The highest BCUT2D eigenvalue weighted by Gasteiger charge is 2.08. The summed E-state index contributed by atoms with van der Waals surface area (Å²) in [5.41, 5.74) is 1.70. The largest absolute Gasteiger partial charge is 0.497 e. The Balaban J connectivity index is 1.54. The van der Waals surface area contributed by atoms with Gasteiger partial charge in [-0.3, -0.25) is 4.79 Å². The Morgan fingerprint density at radius 3 is 2.67 bits per heavy atom. The number of nitrogens with zero attached hydrogens (tertiary/aromatic N) is 3. The van der Waals surface area contributed by atoms with Gasteiger partial charge in [0, 0.05) is 36.6 Å². The number of anilines is 3. The number of hydrogen-bond acceptors (Lipinski definition) is 8. The lowest BCUT2D eigenvalue weighted by Gasteiger charge is -2.10. The molecule has 3 N–H and O–H groups in total. The van der Waals surface area contributed by atoms with Crippen molar-refractivity contribution in [1.82, 2.24) is 20.4 Å². The fraction of sp³-hybridized carbons (Fsp3) is 0.222. The van der Waals surface area contributed by atoms with Crippen LogP contribution in [0.15, 0.2) is 47.1 Å². The zero-order valence-corrected chi connectivity index (χ0v) is 15.0. The van der Waals surface area contributed by atoms with Gasteiger partial charge in [0.25, 0.3) is 5.91 Å². The lowest BCUT2D eigenvalue weighted by atomic mass is 10.3. The van der Waals surface area contributed by atoms with Crippen molar-refractivity contribution in [1.29, 1.82) is 0 Å². The molecule has 0 saturated heterocycles. The fourth-order valence-corrected chi connectivity index (χ4v) is 2.30. The van der Waals surface area contributed by atoms with Crippen LogP contribution in [0.4, 0.5) is 17.5 Å². The second-order valence-corrected chi connectivity index (χ2v) is 5.63. The van der Waals surface area contributed by atoms with Crippen molar-refractivity contribution >= 4 is 23.4 Å². The van der Waals surface area contributed by atoms with E-state index in [-0.39, 0.29) is 11.7 Å². The zero-order valence-electron chi connectivity index (χ0n) is 15.0. The maximum Gasteiger partial charge on any atom is 0.289 e. The third-order valence-electron chi connectivity index (χ3n) is 3.57. The highest BCUT2D eigenvalue weighted by atomic mass is 16.5. The average Bonchev–Trinajstić information content (AvgIpc) is 3.20. The van der Waals surface area contributed by atoms with Crippen LogP contribution in [0.2, 0.25) is 0 Å². The third kappa shape index (κ3) is 5.18. The number of methoxy groups -OCH3 is 1. The first-order valence-electron chi connectivity index (χ1n) is 8.33. The molecular formula is C18H20N6O3. The van der Waals surface area contributed by atoms with Gasteiger partial charge in [-0.1, -0.05) is 5.16 Å². The second-order valence-electron chi connectivity index (χ2n) is 5.63. The minimum Gasteiger partial charge on any atom is -0.497 e. The Hall–Kier alpha value is -3.62. The second kappa shape index (κ2) is 8.65.